The number of Topliss-reactive ketones (excluding diaryl/α,β-unsaturated/α-hetero) is 1. The first kappa shape index (κ1) is 35.4. The number of allylic oxidation sites excluding steroid dienone is 2. The lowest BCUT2D eigenvalue weighted by molar-refractivity contribution is -0.135. The molecule has 4 atom stereocenters. The van der Waals surface area contributed by atoms with Gasteiger partial charge in [-0.2, -0.15) is 0 Å². The summed E-state index contributed by atoms with van der Waals surface area (Å²) < 4.78 is 16.2. The topological polar surface area (TPSA) is 120 Å². The van der Waals surface area contributed by atoms with Gasteiger partial charge >= 0.3 is 12.1 Å². The monoisotopic (exact) mass is 666 g/mol. The maximum atomic E-state index is 14.3. The van der Waals surface area contributed by atoms with Crippen molar-refractivity contribution in [3.8, 4) is 5.75 Å². The van der Waals surface area contributed by atoms with Crippen molar-refractivity contribution in [3.05, 3.63) is 113 Å². The Kier molecular flexibility index (Phi) is 11.5. The van der Waals surface area contributed by atoms with E-state index in [1.807, 2.05) is 48.6 Å². The minimum absolute atomic E-state index is 0.0882. The first-order valence-corrected chi connectivity index (χ1v) is 17.0. The van der Waals surface area contributed by atoms with Gasteiger partial charge in [-0.1, -0.05) is 60.7 Å². The summed E-state index contributed by atoms with van der Waals surface area (Å²) in [6, 6.07) is 21.6. The Labute approximate surface area is 288 Å². The molecule has 9 heteroatoms. The second-order valence-corrected chi connectivity index (χ2v) is 13.7. The molecule has 0 fully saturated rings. The number of rotatable bonds is 11. The number of methoxy groups -OCH3 is 1. The molecule has 1 unspecified atom stereocenters. The van der Waals surface area contributed by atoms with Crippen molar-refractivity contribution in [2.45, 2.75) is 83.6 Å². The van der Waals surface area contributed by atoms with Gasteiger partial charge in [-0.3, -0.25) is 9.59 Å². The van der Waals surface area contributed by atoms with Gasteiger partial charge in [0.15, 0.2) is 5.78 Å². The highest BCUT2D eigenvalue weighted by molar-refractivity contribution is 5.94. The van der Waals surface area contributed by atoms with E-state index in [-0.39, 0.29) is 24.2 Å². The van der Waals surface area contributed by atoms with E-state index in [1.54, 1.807) is 45.0 Å². The summed E-state index contributed by atoms with van der Waals surface area (Å²) >= 11 is 0. The molecule has 2 amide bonds. The number of nitrogens with one attached hydrogen (secondary N) is 2. The van der Waals surface area contributed by atoms with E-state index in [9.17, 15) is 19.2 Å². The van der Waals surface area contributed by atoms with Crippen LogP contribution in [0.1, 0.15) is 85.1 Å². The molecule has 0 aliphatic heterocycles. The average Bonchev–Trinajstić information content (AvgIpc) is 3.10. The van der Waals surface area contributed by atoms with Gasteiger partial charge in [0, 0.05) is 5.92 Å². The molecular weight excluding hydrogens is 620 g/mol. The molecule has 2 aliphatic carbocycles. The number of benzene rings is 3. The Balaban J connectivity index is 1.28. The lowest BCUT2D eigenvalue weighted by Gasteiger charge is -2.33. The van der Waals surface area contributed by atoms with E-state index < -0.39 is 35.5 Å². The Morgan fingerprint density at radius 1 is 0.857 bits per heavy atom. The van der Waals surface area contributed by atoms with Crippen molar-refractivity contribution in [2.24, 2.45) is 11.8 Å². The standard InChI is InChI=1S/C40H46N2O7/c1-40(2,3)49-39(46)42-35(24-26-18-22-30(23-19-26)48-25-27-16-20-29(21-17-27)38(45)47-4)36(43)32-13-7-8-14-33(32)37(44)41-34-15-9-11-28-10-5-6-12-31(28)34/h5-8,10,12,16-23,32-35H,9,11,13-15,24-25H2,1-4H3,(H,41,44)(H,42,46)/t32-,33-,34-,35?/m1/s1. The van der Waals surface area contributed by atoms with Crippen molar-refractivity contribution in [3.63, 3.8) is 0 Å². The number of carbonyl (C=O) groups is 4. The SMILES string of the molecule is COC(=O)c1ccc(COc2ccc(CC(NC(=O)OC(C)(C)C)C(=O)[C@@H]3CC=CC[C@H]3C(=O)N[C@@H]3CCCc4ccccc43)cc2)cc1. The van der Waals surface area contributed by atoms with Crippen LogP contribution in [0, 0.1) is 11.8 Å². The summed E-state index contributed by atoms with van der Waals surface area (Å²) in [7, 11) is 1.34. The fourth-order valence-electron chi connectivity index (χ4n) is 6.51. The summed E-state index contributed by atoms with van der Waals surface area (Å²) in [4.78, 5) is 52.7. The van der Waals surface area contributed by atoms with Gasteiger partial charge in [0.05, 0.1) is 30.7 Å². The second kappa shape index (κ2) is 16.0. The zero-order chi connectivity index (χ0) is 35.0. The van der Waals surface area contributed by atoms with E-state index in [4.69, 9.17) is 14.2 Å². The molecule has 5 rings (SSSR count). The first-order valence-electron chi connectivity index (χ1n) is 17.0. The summed E-state index contributed by atoms with van der Waals surface area (Å²) in [5.74, 6) is -1.26. The Bertz CT molecular complexity index is 1660. The van der Waals surface area contributed by atoms with Gasteiger partial charge in [-0.15, -0.1) is 0 Å². The largest absolute Gasteiger partial charge is 0.489 e. The van der Waals surface area contributed by atoms with E-state index in [0.29, 0.717) is 30.8 Å². The quantitative estimate of drug-likeness (QED) is 0.170. The van der Waals surface area contributed by atoms with Gasteiger partial charge in [-0.25, -0.2) is 9.59 Å². The minimum Gasteiger partial charge on any atom is -0.489 e. The summed E-state index contributed by atoms with van der Waals surface area (Å²) in [5.41, 5.74) is 3.81. The molecule has 0 saturated heterocycles. The van der Waals surface area contributed by atoms with Crippen molar-refractivity contribution in [1.82, 2.24) is 10.6 Å². The fraction of sp³-hybridized carbons (Fsp3) is 0.400. The molecule has 0 heterocycles. The molecule has 0 bridgehead atoms. The number of alkyl carbamates (subject to hydrolysis) is 1. The molecule has 0 spiro atoms. The molecule has 0 saturated carbocycles. The molecule has 0 radical (unpaired) electrons. The van der Waals surface area contributed by atoms with Gasteiger partial charge in [0.2, 0.25) is 5.91 Å². The smallest absolute Gasteiger partial charge is 0.408 e. The number of hydrogen-bond donors (Lipinski definition) is 2. The van der Waals surface area contributed by atoms with E-state index in [0.717, 1.165) is 36.0 Å². The summed E-state index contributed by atoms with van der Waals surface area (Å²) in [6.45, 7) is 5.61. The van der Waals surface area contributed by atoms with Crippen LogP contribution in [0.4, 0.5) is 4.79 Å². The van der Waals surface area contributed by atoms with Gasteiger partial charge < -0.3 is 24.8 Å². The van der Waals surface area contributed by atoms with Crippen molar-refractivity contribution >= 4 is 23.8 Å². The highest BCUT2D eigenvalue weighted by Crippen LogP contribution is 2.33. The van der Waals surface area contributed by atoms with E-state index >= 15 is 0 Å². The first-order chi connectivity index (χ1) is 23.5. The number of amides is 2. The second-order valence-electron chi connectivity index (χ2n) is 13.7. The fourth-order valence-corrected chi connectivity index (χ4v) is 6.51. The third kappa shape index (κ3) is 9.59. The van der Waals surface area contributed by atoms with E-state index in [2.05, 4.69) is 22.8 Å². The number of fused-ring (bicyclic) bond motifs is 1. The van der Waals surface area contributed by atoms with Crippen molar-refractivity contribution in [2.75, 3.05) is 7.11 Å². The normalized spacial score (nSPS) is 19.1. The number of carbonyl (C=O) groups excluding carboxylic acids is 4. The van der Waals surface area contributed by atoms with Crippen molar-refractivity contribution < 1.29 is 33.4 Å². The predicted molar refractivity (Wildman–Crippen MR) is 186 cm³/mol. The Morgan fingerprint density at radius 2 is 1.53 bits per heavy atom. The number of hydrogen-bond acceptors (Lipinski definition) is 7. The molecule has 258 valence electrons. The zero-order valence-electron chi connectivity index (χ0n) is 28.7. The molecular formula is C40H46N2O7. The van der Waals surface area contributed by atoms with Gasteiger partial charge in [0.1, 0.15) is 18.0 Å². The van der Waals surface area contributed by atoms with Gasteiger partial charge in [-0.05, 0) is 106 Å². The molecule has 3 aromatic rings. The molecule has 0 aromatic heterocycles. The number of ketones is 1. The van der Waals surface area contributed by atoms with Crippen LogP contribution in [0.5, 0.6) is 5.75 Å². The average molecular weight is 667 g/mol. The Morgan fingerprint density at radius 3 is 2.22 bits per heavy atom. The lowest BCUT2D eigenvalue weighted by atomic mass is 9.76. The third-order valence-corrected chi connectivity index (χ3v) is 9.00. The highest BCUT2D eigenvalue weighted by Gasteiger charge is 2.39. The number of esters is 1. The maximum Gasteiger partial charge on any atom is 0.408 e. The van der Waals surface area contributed by atoms with Crippen LogP contribution in [0.25, 0.3) is 0 Å². The lowest BCUT2D eigenvalue weighted by Crippen LogP contribution is -2.50. The van der Waals surface area contributed by atoms with Crippen LogP contribution in [0.15, 0.2) is 84.9 Å². The van der Waals surface area contributed by atoms with Crippen molar-refractivity contribution in [1.29, 1.82) is 0 Å². The molecule has 2 aliphatic rings. The maximum absolute atomic E-state index is 14.3. The summed E-state index contributed by atoms with van der Waals surface area (Å²) in [6.07, 6.45) is 7.15. The molecule has 9 nitrogen and oxygen atoms in total. The minimum atomic E-state index is -0.905. The predicted octanol–water partition coefficient (Wildman–Crippen LogP) is 6.83. The highest BCUT2D eigenvalue weighted by atomic mass is 16.6. The van der Waals surface area contributed by atoms with E-state index in [1.165, 1.54) is 12.7 Å². The van der Waals surface area contributed by atoms with Crippen LogP contribution in [-0.2, 0) is 38.5 Å². The molecule has 3 aromatic carbocycles. The third-order valence-electron chi connectivity index (χ3n) is 9.00. The molecule has 49 heavy (non-hydrogen) atoms. The number of ether oxygens (including phenoxy) is 3. The van der Waals surface area contributed by atoms with Crippen LogP contribution < -0.4 is 15.4 Å². The van der Waals surface area contributed by atoms with Crippen LogP contribution in [0.2, 0.25) is 0 Å². The number of aryl methyl sites for hydroxylation is 1. The molecule has 2 N–H and O–H groups in total. The van der Waals surface area contributed by atoms with Crippen LogP contribution in [-0.4, -0.2) is 42.5 Å². The van der Waals surface area contributed by atoms with Gasteiger partial charge in [0.25, 0.3) is 0 Å². The summed E-state index contributed by atoms with van der Waals surface area (Å²) in [5, 5.41) is 6.08. The van der Waals surface area contributed by atoms with Crippen LogP contribution >= 0.6 is 0 Å². The Hall–Kier alpha value is -4.92. The zero-order valence-corrected chi connectivity index (χ0v) is 28.7. The van der Waals surface area contributed by atoms with Crippen LogP contribution in [0.3, 0.4) is 0 Å².